The van der Waals surface area contributed by atoms with Crippen molar-refractivity contribution < 1.29 is 19.1 Å². The van der Waals surface area contributed by atoms with E-state index < -0.39 is 0 Å². The topological polar surface area (TPSA) is 73.7 Å². The Morgan fingerprint density at radius 2 is 1.92 bits per heavy atom. The first-order valence-corrected chi connectivity index (χ1v) is 8.36. The molecule has 0 spiro atoms. The Labute approximate surface area is 146 Å². The van der Waals surface area contributed by atoms with E-state index in [9.17, 15) is 9.59 Å². The number of fused-ring (bicyclic) bond motifs is 1. The minimum Gasteiger partial charge on any atom is -0.462 e. The first-order chi connectivity index (χ1) is 12.2. The van der Waals surface area contributed by atoms with Gasteiger partial charge < -0.3 is 14.4 Å². The number of ether oxygens (including phenoxy) is 2. The zero-order valence-corrected chi connectivity index (χ0v) is 14.2. The Bertz CT molecular complexity index is 742. The van der Waals surface area contributed by atoms with Crippen LogP contribution in [0, 0.1) is 0 Å². The van der Waals surface area contributed by atoms with Crippen molar-refractivity contribution in [2.45, 2.75) is 26.5 Å². The highest BCUT2D eigenvalue weighted by Crippen LogP contribution is 2.16. The summed E-state index contributed by atoms with van der Waals surface area (Å²) in [5, 5.41) is 4.24. The standard InChI is InChI=1S/C18H21N3O4/c1-2-24-17(22)15-12-19-21-11-10-20(9-8-16(15)21)18(23)25-13-14-6-4-3-5-7-14/h3-7,12H,2,8-11,13H2,1H3. The second-order valence-corrected chi connectivity index (χ2v) is 5.73. The number of carbonyl (C=O) groups is 2. The number of benzene rings is 1. The van der Waals surface area contributed by atoms with Crippen LogP contribution >= 0.6 is 0 Å². The van der Waals surface area contributed by atoms with Crippen LogP contribution in [0.15, 0.2) is 36.5 Å². The van der Waals surface area contributed by atoms with Crippen LogP contribution in [0.5, 0.6) is 0 Å². The first kappa shape index (κ1) is 17.0. The molecule has 1 aromatic heterocycles. The molecule has 0 aliphatic carbocycles. The van der Waals surface area contributed by atoms with Gasteiger partial charge in [0.2, 0.25) is 0 Å². The van der Waals surface area contributed by atoms with Crippen molar-refractivity contribution in [3.8, 4) is 0 Å². The highest BCUT2D eigenvalue weighted by atomic mass is 16.6. The first-order valence-electron chi connectivity index (χ1n) is 8.36. The second kappa shape index (κ2) is 7.83. The summed E-state index contributed by atoms with van der Waals surface area (Å²) in [5.74, 6) is -0.371. The molecule has 7 nitrogen and oxygen atoms in total. The molecule has 0 unspecified atom stereocenters. The van der Waals surface area contributed by atoms with Gasteiger partial charge in [-0.05, 0) is 12.5 Å². The highest BCUT2D eigenvalue weighted by molar-refractivity contribution is 5.90. The van der Waals surface area contributed by atoms with E-state index in [1.54, 1.807) is 16.5 Å². The number of carbonyl (C=O) groups excluding carboxylic acids is 2. The lowest BCUT2D eigenvalue weighted by Gasteiger charge is -2.19. The van der Waals surface area contributed by atoms with Crippen LogP contribution in [0.2, 0.25) is 0 Å². The van der Waals surface area contributed by atoms with E-state index >= 15 is 0 Å². The summed E-state index contributed by atoms with van der Waals surface area (Å²) in [6, 6.07) is 9.56. The number of nitrogens with zero attached hydrogens (tertiary/aromatic N) is 3. The van der Waals surface area contributed by atoms with Crippen LogP contribution < -0.4 is 0 Å². The highest BCUT2D eigenvalue weighted by Gasteiger charge is 2.24. The fourth-order valence-corrected chi connectivity index (χ4v) is 2.81. The summed E-state index contributed by atoms with van der Waals surface area (Å²) in [5.41, 5.74) is 2.22. The van der Waals surface area contributed by atoms with Gasteiger partial charge in [0.25, 0.3) is 0 Å². The molecule has 0 radical (unpaired) electrons. The van der Waals surface area contributed by atoms with Crippen molar-refractivity contribution in [1.82, 2.24) is 14.7 Å². The van der Waals surface area contributed by atoms with Crippen LogP contribution in [0.4, 0.5) is 4.79 Å². The largest absolute Gasteiger partial charge is 0.462 e. The SMILES string of the molecule is CCOC(=O)c1cnn2c1CCN(C(=O)OCc1ccccc1)CC2. The number of hydrogen-bond donors (Lipinski definition) is 0. The number of amides is 1. The van der Waals surface area contributed by atoms with Gasteiger partial charge in [-0.25, -0.2) is 9.59 Å². The molecule has 1 amide bonds. The lowest BCUT2D eigenvalue weighted by Crippen LogP contribution is -2.34. The molecule has 2 aromatic rings. The van der Waals surface area contributed by atoms with Crippen molar-refractivity contribution in [3.63, 3.8) is 0 Å². The molecule has 2 heterocycles. The third kappa shape index (κ3) is 3.99. The van der Waals surface area contributed by atoms with Gasteiger partial charge in [-0.2, -0.15) is 5.10 Å². The molecular formula is C18H21N3O4. The number of esters is 1. The molecule has 0 atom stereocenters. The fraction of sp³-hybridized carbons (Fsp3) is 0.389. The fourth-order valence-electron chi connectivity index (χ4n) is 2.81. The van der Waals surface area contributed by atoms with Gasteiger partial charge in [0.05, 0.1) is 25.0 Å². The van der Waals surface area contributed by atoms with Gasteiger partial charge in [0.1, 0.15) is 12.2 Å². The average Bonchev–Trinajstić information content (AvgIpc) is 2.92. The van der Waals surface area contributed by atoms with E-state index in [0.29, 0.717) is 38.2 Å². The maximum Gasteiger partial charge on any atom is 0.410 e. The smallest absolute Gasteiger partial charge is 0.410 e. The van der Waals surface area contributed by atoms with Crippen molar-refractivity contribution in [2.24, 2.45) is 0 Å². The molecule has 3 rings (SSSR count). The third-order valence-electron chi connectivity index (χ3n) is 4.11. The summed E-state index contributed by atoms with van der Waals surface area (Å²) in [6.45, 7) is 3.83. The van der Waals surface area contributed by atoms with E-state index in [0.717, 1.165) is 11.3 Å². The van der Waals surface area contributed by atoms with Gasteiger partial charge >= 0.3 is 12.1 Å². The lowest BCUT2D eigenvalue weighted by atomic mass is 10.2. The summed E-state index contributed by atoms with van der Waals surface area (Å²) < 4.78 is 12.2. The Hall–Kier alpha value is -2.83. The van der Waals surface area contributed by atoms with Crippen LogP contribution in [0.25, 0.3) is 0 Å². The predicted octanol–water partition coefficient (Wildman–Crippen LogP) is 2.25. The predicted molar refractivity (Wildman–Crippen MR) is 90.1 cm³/mol. The second-order valence-electron chi connectivity index (χ2n) is 5.73. The molecular weight excluding hydrogens is 322 g/mol. The summed E-state index contributed by atoms with van der Waals surface area (Å²) in [6.07, 6.45) is 1.72. The quantitative estimate of drug-likeness (QED) is 0.796. The van der Waals surface area contributed by atoms with E-state index in [1.165, 1.54) is 6.20 Å². The molecule has 0 saturated heterocycles. The van der Waals surface area contributed by atoms with E-state index in [-0.39, 0.29) is 18.7 Å². The summed E-state index contributed by atoms with van der Waals surface area (Å²) in [7, 11) is 0. The third-order valence-corrected chi connectivity index (χ3v) is 4.11. The van der Waals surface area contributed by atoms with Crippen LogP contribution in [-0.2, 0) is 29.0 Å². The Balaban J connectivity index is 1.60. The van der Waals surface area contributed by atoms with Crippen molar-refractivity contribution in [2.75, 3.05) is 19.7 Å². The van der Waals surface area contributed by atoms with Gasteiger partial charge in [-0.3, -0.25) is 4.68 Å². The van der Waals surface area contributed by atoms with E-state index in [2.05, 4.69) is 5.10 Å². The molecule has 1 aromatic carbocycles. The van der Waals surface area contributed by atoms with Gasteiger partial charge in [0, 0.05) is 19.5 Å². The summed E-state index contributed by atoms with van der Waals surface area (Å²) >= 11 is 0. The van der Waals surface area contributed by atoms with Crippen molar-refractivity contribution in [3.05, 3.63) is 53.3 Å². The van der Waals surface area contributed by atoms with Crippen LogP contribution in [0.3, 0.4) is 0 Å². The number of hydrogen-bond acceptors (Lipinski definition) is 5. The molecule has 25 heavy (non-hydrogen) atoms. The van der Waals surface area contributed by atoms with Gasteiger partial charge in [-0.15, -0.1) is 0 Å². The lowest BCUT2D eigenvalue weighted by molar-refractivity contribution is 0.0525. The Kier molecular flexibility index (Phi) is 5.33. The zero-order valence-electron chi connectivity index (χ0n) is 14.2. The molecule has 1 aliphatic heterocycles. The molecule has 0 N–H and O–H groups in total. The zero-order chi connectivity index (χ0) is 17.6. The molecule has 0 fully saturated rings. The summed E-state index contributed by atoms with van der Waals surface area (Å²) in [4.78, 5) is 25.9. The van der Waals surface area contributed by atoms with Crippen molar-refractivity contribution in [1.29, 1.82) is 0 Å². The molecule has 132 valence electrons. The maximum absolute atomic E-state index is 12.3. The average molecular weight is 343 g/mol. The molecule has 7 heteroatoms. The Morgan fingerprint density at radius 3 is 2.68 bits per heavy atom. The Morgan fingerprint density at radius 1 is 1.12 bits per heavy atom. The van der Waals surface area contributed by atoms with Gasteiger partial charge in [0.15, 0.2) is 0 Å². The molecule has 1 aliphatic rings. The molecule has 0 saturated carbocycles. The van der Waals surface area contributed by atoms with Crippen molar-refractivity contribution >= 4 is 12.1 Å². The minimum atomic E-state index is -0.371. The van der Waals surface area contributed by atoms with Gasteiger partial charge in [-0.1, -0.05) is 30.3 Å². The number of rotatable bonds is 4. The van der Waals surface area contributed by atoms with E-state index in [4.69, 9.17) is 9.47 Å². The number of aromatic nitrogens is 2. The normalized spacial score (nSPS) is 13.7. The maximum atomic E-state index is 12.3. The van der Waals surface area contributed by atoms with E-state index in [1.807, 2.05) is 30.3 Å². The molecule has 0 bridgehead atoms. The van der Waals surface area contributed by atoms with Crippen LogP contribution in [0.1, 0.15) is 28.5 Å². The van der Waals surface area contributed by atoms with Crippen LogP contribution in [-0.4, -0.2) is 46.4 Å². The monoisotopic (exact) mass is 343 g/mol. The minimum absolute atomic E-state index is 0.245.